The lowest BCUT2D eigenvalue weighted by Crippen LogP contribution is -2.66. The average Bonchev–Trinajstić information content (AvgIpc) is 3.17. The van der Waals surface area contributed by atoms with Gasteiger partial charge in [-0.2, -0.15) is 0 Å². The Morgan fingerprint density at radius 2 is 1.83 bits per heavy atom. The zero-order valence-corrected chi connectivity index (χ0v) is 16.2. The van der Waals surface area contributed by atoms with Crippen molar-refractivity contribution in [2.24, 2.45) is 0 Å². The van der Waals surface area contributed by atoms with E-state index in [2.05, 4.69) is 17.1 Å². The number of nitrogens with one attached hydrogen (secondary N) is 1. The summed E-state index contributed by atoms with van der Waals surface area (Å²) in [5.74, 6) is 0.472. The number of benzene rings is 2. The van der Waals surface area contributed by atoms with Crippen molar-refractivity contribution in [2.75, 3.05) is 6.61 Å². The lowest BCUT2D eigenvalue weighted by Gasteiger charge is -2.45. The van der Waals surface area contributed by atoms with Gasteiger partial charge in [-0.3, -0.25) is 0 Å². The van der Waals surface area contributed by atoms with Gasteiger partial charge < -0.3 is 34.9 Å². The predicted molar refractivity (Wildman–Crippen MR) is 107 cm³/mol. The number of aryl methyl sites for hydroxylation is 1. The quantitative estimate of drug-likeness (QED) is 0.456. The van der Waals surface area contributed by atoms with Crippen molar-refractivity contribution in [3.8, 4) is 16.9 Å². The van der Waals surface area contributed by atoms with Crippen molar-refractivity contribution >= 4 is 10.9 Å². The highest BCUT2D eigenvalue weighted by Crippen LogP contribution is 2.34. The predicted octanol–water partition coefficient (Wildman–Crippen LogP) is 1.71. The lowest BCUT2D eigenvalue weighted by atomic mass is 9.88. The fraction of sp³-hybridized carbons (Fsp3) is 0.364. The highest BCUT2D eigenvalue weighted by molar-refractivity contribution is 5.85. The van der Waals surface area contributed by atoms with Crippen LogP contribution >= 0.6 is 0 Å². The van der Waals surface area contributed by atoms with Gasteiger partial charge in [-0.05, 0) is 60.2 Å². The summed E-state index contributed by atoms with van der Waals surface area (Å²) >= 11 is 0. The van der Waals surface area contributed by atoms with Crippen molar-refractivity contribution in [2.45, 2.75) is 44.1 Å². The molecule has 2 aromatic carbocycles. The fourth-order valence-corrected chi connectivity index (χ4v) is 3.67. The van der Waals surface area contributed by atoms with Gasteiger partial charge in [-0.15, -0.1) is 0 Å². The Hall–Kier alpha value is -2.42. The van der Waals surface area contributed by atoms with Crippen molar-refractivity contribution in [1.82, 2.24) is 4.98 Å². The maximum Gasteiger partial charge on any atom is 0.231 e. The Morgan fingerprint density at radius 3 is 2.55 bits per heavy atom. The maximum absolute atomic E-state index is 10.6. The Labute approximate surface area is 168 Å². The first kappa shape index (κ1) is 19.9. The molecule has 0 radical (unpaired) electrons. The first-order valence-corrected chi connectivity index (χ1v) is 9.51. The Morgan fingerprint density at radius 1 is 1.10 bits per heavy atom. The van der Waals surface area contributed by atoms with Crippen LogP contribution in [0, 0.1) is 6.92 Å². The van der Waals surface area contributed by atoms with Crippen LogP contribution in [-0.4, -0.2) is 62.2 Å². The summed E-state index contributed by atoms with van der Waals surface area (Å²) in [6.45, 7) is 2.69. The Kier molecular flexibility index (Phi) is 5.10. The second kappa shape index (κ2) is 7.44. The molecule has 0 spiro atoms. The van der Waals surface area contributed by atoms with E-state index < -0.39 is 36.8 Å². The van der Waals surface area contributed by atoms with Crippen molar-refractivity contribution in [1.29, 1.82) is 0 Å². The van der Waals surface area contributed by atoms with Crippen molar-refractivity contribution in [3.05, 3.63) is 54.2 Å². The molecule has 154 valence electrons. The summed E-state index contributed by atoms with van der Waals surface area (Å²) in [6.07, 6.45) is -3.34. The lowest BCUT2D eigenvalue weighted by molar-refractivity contribution is -0.314. The molecule has 7 heteroatoms. The Balaban J connectivity index is 1.59. The van der Waals surface area contributed by atoms with Crippen molar-refractivity contribution in [3.63, 3.8) is 0 Å². The molecule has 1 saturated heterocycles. The van der Waals surface area contributed by atoms with Gasteiger partial charge in [0.1, 0.15) is 24.1 Å². The molecule has 7 nitrogen and oxygen atoms in total. The molecule has 0 bridgehead atoms. The van der Waals surface area contributed by atoms with E-state index in [0.29, 0.717) is 5.75 Å². The number of aliphatic hydroxyl groups excluding tert-OH is 3. The molecule has 5 atom stereocenters. The van der Waals surface area contributed by atoms with Gasteiger partial charge in [0.15, 0.2) is 5.60 Å². The van der Waals surface area contributed by atoms with Gasteiger partial charge in [-0.25, -0.2) is 0 Å². The third-order valence-electron chi connectivity index (χ3n) is 5.56. The number of aromatic nitrogens is 1. The molecule has 0 aliphatic carbocycles. The smallest absolute Gasteiger partial charge is 0.231 e. The van der Waals surface area contributed by atoms with Gasteiger partial charge in [0.05, 0.1) is 6.61 Å². The van der Waals surface area contributed by atoms with Crippen LogP contribution in [0.5, 0.6) is 5.75 Å². The normalized spacial score (nSPS) is 29.9. The molecule has 3 aromatic rings. The van der Waals surface area contributed by atoms with Gasteiger partial charge in [0, 0.05) is 11.7 Å². The van der Waals surface area contributed by atoms with Crippen LogP contribution in [0.15, 0.2) is 48.7 Å². The number of hydrogen-bond donors (Lipinski definition) is 5. The van der Waals surface area contributed by atoms with Crippen LogP contribution < -0.4 is 4.74 Å². The minimum absolute atomic E-state index is 0.472. The van der Waals surface area contributed by atoms with E-state index in [-0.39, 0.29) is 0 Å². The highest BCUT2D eigenvalue weighted by Gasteiger charge is 2.53. The van der Waals surface area contributed by atoms with E-state index in [0.717, 1.165) is 27.6 Å². The molecule has 1 fully saturated rings. The van der Waals surface area contributed by atoms with Gasteiger partial charge >= 0.3 is 0 Å². The number of hydrogen-bond acceptors (Lipinski definition) is 6. The minimum Gasteiger partial charge on any atom is -0.461 e. The molecule has 0 saturated carbocycles. The summed E-state index contributed by atoms with van der Waals surface area (Å²) in [7, 11) is 0. The number of H-pyrrole nitrogens is 1. The molecular formula is C22H25NO6. The van der Waals surface area contributed by atoms with Crippen LogP contribution in [0.4, 0.5) is 0 Å². The average molecular weight is 399 g/mol. The second-order valence-corrected chi connectivity index (χ2v) is 7.73. The van der Waals surface area contributed by atoms with Crippen LogP contribution in [0.2, 0.25) is 0 Å². The highest BCUT2D eigenvalue weighted by atomic mass is 16.7. The number of ether oxygens (including phenoxy) is 2. The molecular weight excluding hydrogens is 374 g/mol. The van der Waals surface area contributed by atoms with Crippen molar-refractivity contribution < 1.29 is 29.9 Å². The van der Waals surface area contributed by atoms with E-state index in [1.807, 2.05) is 37.4 Å². The van der Waals surface area contributed by atoms with Crippen LogP contribution in [0.3, 0.4) is 0 Å². The third-order valence-corrected chi connectivity index (χ3v) is 5.56. The SMILES string of the molecule is Cc1cc(-c2ccc3cc[nH]c3c2)ccc1O[C@H]1O[C@H](CO)[C@@H](O)[C@H](O)[C@]1(C)O. The van der Waals surface area contributed by atoms with Gasteiger partial charge in [0.25, 0.3) is 0 Å². The molecule has 1 aromatic heterocycles. The number of rotatable bonds is 4. The Bertz CT molecular complexity index is 1010. The number of aliphatic hydroxyl groups is 4. The van der Waals surface area contributed by atoms with Gasteiger partial charge in [-0.1, -0.05) is 18.2 Å². The molecule has 29 heavy (non-hydrogen) atoms. The van der Waals surface area contributed by atoms with Crippen LogP contribution in [-0.2, 0) is 4.74 Å². The monoisotopic (exact) mass is 399 g/mol. The molecule has 2 heterocycles. The molecule has 1 aliphatic heterocycles. The van der Waals surface area contributed by atoms with Crippen LogP contribution in [0.1, 0.15) is 12.5 Å². The van der Waals surface area contributed by atoms with E-state index in [1.165, 1.54) is 6.92 Å². The minimum atomic E-state index is -1.85. The topological polar surface area (TPSA) is 115 Å². The van der Waals surface area contributed by atoms with E-state index in [9.17, 15) is 20.4 Å². The first-order valence-electron chi connectivity index (χ1n) is 9.51. The number of aromatic amines is 1. The number of fused-ring (bicyclic) bond motifs is 1. The van der Waals surface area contributed by atoms with E-state index in [4.69, 9.17) is 9.47 Å². The molecule has 4 rings (SSSR count). The van der Waals surface area contributed by atoms with E-state index >= 15 is 0 Å². The fourth-order valence-electron chi connectivity index (χ4n) is 3.67. The van der Waals surface area contributed by atoms with Crippen LogP contribution in [0.25, 0.3) is 22.0 Å². The third kappa shape index (κ3) is 3.52. The zero-order valence-electron chi connectivity index (χ0n) is 16.2. The molecule has 1 aliphatic rings. The summed E-state index contributed by atoms with van der Waals surface area (Å²) in [5, 5.41) is 41.3. The molecule has 0 amide bonds. The molecule has 5 N–H and O–H groups in total. The standard InChI is InChI=1S/C22H25NO6/c1-12-9-14(15-4-3-13-7-8-23-16(13)10-15)5-6-17(12)28-21-22(2,27)20(26)19(25)18(11-24)29-21/h3-10,18-21,23-27H,11H2,1-2H3/t18-,19-,20+,21+,22+/m1/s1. The summed E-state index contributed by atoms with van der Waals surface area (Å²) in [5.41, 5.74) is 2.07. The second-order valence-electron chi connectivity index (χ2n) is 7.73. The summed E-state index contributed by atoms with van der Waals surface area (Å²) in [4.78, 5) is 3.20. The maximum atomic E-state index is 10.6. The largest absolute Gasteiger partial charge is 0.461 e. The summed E-state index contributed by atoms with van der Waals surface area (Å²) < 4.78 is 11.4. The summed E-state index contributed by atoms with van der Waals surface area (Å²) in [6, 6.07) is 13.8. The van der Waals surface area contributed by atoms with Gasteiger partial charge in [0.2, 0.25) is 6.29 Å². The van der Waals surface area contributed by atoms with E-state index in [1.54, 1.807) is 6.07 Å². The first-order chi connectivity index (χ1) is 13.8. The zero-order chi connectivity index (χ0) is 20.8. The molecule has 0 unspecified atom stereocenters.